The first-order valence-electron chi connectivity index (χ1n) is 6.09. The summed E-state index contributed by atoms with van der Waals surface area (Å²) in [5, 5.41) is 8.73. The van der Waals surface area contributed by atoms with E-state index in [9.17, 15) is 0 Å². The summed E-state index contributed by atoms with van der Waals surface area (Å²) in [6.45, 7) is 2.10. The Morgan fingerprint density at radius 2 is 2.00 bits per heavy atom. The molecule has 3 nitrogen and oxygen atoms in total. The maximum absolute atomic E-state index is 6.21. The van der Waals surface area contributed by atoms with Crippen molar-refractivity contribution in [3.05, 3.63) is 46.7 Å². The van der Waals surface area contributed by atoms with Gasteiger partial charge in [-0.15, -0.1) is 0 Å². The zero-order chi connectivity index (χ0) is 13.4. The van der Waals surface area contributed by atoms with Gasteiger partial charge in [0.05, 0.1) is 5.56 Å². The number of aryl methyl sites for hydroxylation is 2. The Kier molecular flexibility index (Phi) is 2.87. The maximum Gasteiger partial charge on any atom is 0.129 e. The molecule has 0 aliphatic carbocycles. The number of anilines is 1. The van der Waals surface area contributed by atoms with E-state index in [4.69, 9.17) is 5.73 Å². The second kappa shape index (κ2) is 4.55. The molecule has 19 heavy (non-hydrogen) atoms. The highest BCUT2D eigenvalue weighted by atomic mass is 32.1. The van der Waals surface area contributed by atoms with E-state index >= 15 is 0 Å². The van der Waals surface area contributed by atoms with E-state index < -0.39 is 0 Å². The van der Waals surface area contributed by atoms with Gasteiger partial charge >= 0.3 is 0 Å². The molecular weight excluding hydrogens is 254 g/mol. The van der Waals surface area contributed by atoms with Crippen molar-refractivity contribution in [1.29, 1.82) is 0 Å². The quantitative estimate of drug-likeness (QED) is 0.770. The van der Waals surface area contributed by atoms with Crippen LogP contribution in [0.4, 0.5) is 5.82 Å². The van der Waals surface area contributed by atoms with Gasteiger partial charge in [0.1, 0.15) is 11.5 Å². The zero-order valence-electron chi connectivity index (χ0n) is 10.9. The molecule has 0 aliphatic heterocycles. The van der Waals surface area contributed by atoms with Crippen LogP contribution in [0.5, 0.6) is 0 Å². The molecule has 0 bridgehead atoms. The number of nitrogen functional groups attached to an aromatic ring is 1. The minimum atomic E-state index is 0.704. The van der Waals surface area contributed by atoms with E-state index in [1.54, 1.807) is 16.0 Å². The highest BCUT2D eigenvalue weighted by Crippen LogP contribution is 2.37. The highest BCUT2D eigenvalue weighted by Gasteiger charge is 2.18. The predicted octanol–water partition coefficient (Wildman–Crippen LogP) is 3.71. The average molecular weight is 269 g/mol. The molecule has 0 saturated carbocycles. The first-order valence-corrected chi connectivity index (χ1v) is 7.04. The van der Waals surface area contributed by atoms with Gasteiger partial charge < -0.3 is 5.73 Å². The van der Waals surface area contributed by atoms with Gasteiger partial charge in [0.2, 0.25) is 0 Å². The van der Waals surface area contributed by atoms with Gasteiger partial charge in [0, 0.05) is 18.0 Å². The first-order chi connectivity index (χ1) is 9.18. The van der Waals surface area contributed by atoms with Crippen molar-refractivity contribution in [2.75, 3.05) is 5.73 Å². The normalized spacial score (nSPS) is 10.8. The number of hydrogen-bond acceptors (Lipinski definition) is 3. The summed E-state index contributed by atoms with van der Waals surface area (Å²) in [7, 11) is 1.88. The summed E-state index contributed by atoms with van der Waals surface area (Å²) in [5.74, 6) is 0.704. The van der Waals surface area contributed by atoms with Crippen LogP contribution in [0.15, 0.2) is 41.1 Å². The van der Waals surface area contributed by atoms with E-state index in [1.807, 2.05) is 19.2 Å². The molecule has 0 spiro atoms. The second-order valence-corrected chi connectivity index (χ2v) is 5.34. The Morgan fingerprint density at radius 1 is 1.21 bits per heavy atom. The topological polar surface area (TPSA) is 43.8 Å². The SMILES string of the molecule is Cc1ccccc1-c1c(-c2ccsc2)nn(C)c1N. The van der Waals surface area contributed by atoms with Crippen molar-refractivity contribution in [2.24, 2.45) is 7.05 Å². The lowest BCUT2D eigenvalue weighted by molar-refractivity contribution is 0.782. The van der Waals surface area contributed by atoms with E-state index in [2.05, 4.69) is 41.0 Å². The van der Waals surface area contributed by atoms with Crippen LogP contribution in [-0.4, -0.2) is 9.78 Å². The van der Waals surface area contributed by atoms with Gasteiger partial charge in [0.25, 0.3) is 0 Å². The Labute approximate surface area is 116 Å². The molecule has 3 rings (SSSR count). The summed E-state index contributed by atoms with van der Waals surface area (Å²) >= 11 is 1.67. The zero-order valence-corrected chi connectivity index (χ0v) is 11.7. The number of rotatable bonds is 2. The summed E-state index contributed by atoms with van der Waals surface area (Å²) in [4.78, 5) is 0. The van der Waals surface area contributed by atoms with Crippen molar-refractivity contribution >= 4 is 17.2 Å². The molecule has 0 fully saturated rings. The van der Waals surface area contributed by atoms with Crippen LogP contribution in [0.1, 0.15) is 5.56 Å². The third kappa shape index (κ3) is 1.94. The van der Waals surface area contributed by atoms with Crippen LogP contribution in [0.3, 0.4) is 0 Å². The molecular formula is C15H15N3S. The predicted molar refractivity (Wildman–Crippen MR) is 81.1 cm³/mol. The molecule has 3 aromatic rings. The van der Waals surface area contributed by atoms with Crippen molar-refractivity contribution in [3.63, 3.8) is 0 Å². The molecule has 0 aliphatic rings. The minimum Gasteiger partial charge on any atom is -0.383 e. The Balaban J connectivity index is 2.29. The first kappa shape index (κ1) is 12.0. The third-order valence-electron chi connectivity index (χ3n) is 3.30. The maximum atomic E-state index is 6.21. The largest absolute Gasteiger partial charge is 0.383 e. The minimum absolute atomic E-state index is 0.704. The van der Waals surface area contributed by atoms with E-state index in [1.165, 1.54) is 5.56 Å². The lowest BCUT2D eigenvalue weighted by Crippen LogP contribution is -1.98. The fourth-order valence-corrected chi connectivity index (χ4v) is 2.90. The Bertz CT molecular complexity index is 711. The molecule has 2 aromatic heterocycles. The van der Waals surface area contributed by atoms with Gasteiger partial charge in [-0.25, -0.2) is 0 Å². The number of benzene rings is 1. The van der Waals surface area contributed by atoms with Gasteiger partial charge in [-0.1, -0.05) is 24.3 Å². The van der Waals surface area contributed by atoms with Crippen LogP contribution >= 0.6 is 11.3 Å². The third-order valence-corrected chi connectivity index (χ3v) is 3.98. The average Bonchev–Trinajstić information content (AvgIpc) is 3.01. The number of thiophene rings is 1. The molecule has 96 valence electrons. The van der Waals surface area contributed by atoms with Gasteiger partial charge in [-0.2, -0.15) is 16.4 Å². The van der Waals surface area contributed by atoms with Crippen molar-refractivity contribution < 1.29 is 0 Å². The number of aromatic nitrogens is 2. The van der Waals surface area contributed by atoms with Crippen LogP contribution in [0.25, 0.3) is 22.4 Å². The molecule has 1 aromatic carbocycles. The highest BCUT2D eigenvalue weighted by molar-refractivity contribution is 7.08. The van der Waals surface area contributed by atoms with Crippen LogP contribution < -0.4 is 5.73 Å². The fourth-order valence-electron chi connectivity index (χ4n) is 2.26. The molecule has 0 amide bonds. The van der Waals surface area contributed by atoms with Crippen LogP contribution in [0.2, 0.25) is 0 Å². The fraction of sp³-hybridized carbons (Fsp3) is 0.133. The molecule has 4 heteroatoms. The van der Waals surface area contributed by atoms with Crippen molar-refractivity contribution in [1.82, 2.24) is 9.78 Å². The Morgan fingerprint density at radius 3 is 2.68 bits per heavy atom. The van der Waals surface area contributed by atoms with Crippen molar-refractivity contribution in [2.45, 2.75) is 6.92 Å². The number of nitrogens with zero attached hydrogens (tertiary/aromatic N) is 2. The molecule has 2 N–H and O–H groups in total. The van der Waals surface area contributed by atoms with Crippen LogP contribution in [-0.2, 0) is 7.05 Å². The molecule has 2 heterocycles. The Hall–Kier alpha value is -2.07. The van der Waals surface area contributed by atoms with E-state index in [-0.39, 0.29) is 0 Å². The number of hydrogen-bond donors (Lipinski definition) is 1. The smallest absolute Gasteiger partial charge is 0.129 e. The summed E-state index contributed by atoms with van der Waals surface area (Å²) < 4.78 is 1.74. The van der Waals surface area contributed by atoms with Gasteiger partial charge in [-0.3, -0.25) is 4.68 Å². The van der Waals surface area contributed by atoms with Crippen LogP contribution in [0, 0.1) is 6.92 Å². The van der Waals surface area contributed by atoms with E-state index in [0.29, 0.717) is 5.82 Å². The van der Waals surface area contributed by atoms with Gasteiger partial charge in [-0.05, 0) is 29.5 Å². The molecule has 0 radical (unpaired) electrons. The second-order valence-electron chi connectivity index (χ2n) is 4.56. The molecule has 0 atom stereocenters. The molecule has 0 saturated heterocycles. The summed E-state index contributed by atoms with van der Waals surface area (Å²) in [6, 6.07) is 10.3. The lowest BCUT2D eigenvalue weighted by Gasteiger charge is -2.06. The lowest BCUT2D eigenvalue weighted by atomic mass is 9.98. The standard InChI is InChI=1S/C15H15N3S/c1-10-5-3-4-6-12(10)13-14(11-7-8-19-9-11)17-18(2)15(13)16/h3-9H,16H2,1-2H3. The summed E-state index contributed by atoms with van der Waals surface area (Å²) in [5.41, 5.74) is 11.7. The summed E-state index contributed by atoms with van der Waals surface area (Å²) in [6.07, 6.45) is 0. The van der Waals surface area contributed by atoms with Crippen molar-refractivity contribution in [3.8, 4) is 22.4 Å². The van der Waals surface area contributed by atoms with Gasteiger partial charge in [0.15, 0.2) is 0 Å². The molecule has 0 unspecified atom stereocenters. The number of nitrogens with two attached hydrogens (primary N) is 1. The van der Waals surface area contributed by atoms with E-state index in [0.717, 1.165) is 22.4 Å². The monoisotopic (exact) mass is 269 g/mol.